The first-order valence-corrected chi connectivity index (χ1v) is 8.84. The topological polar surface area (TPSA) is 116 Å². The lowest BCUT2D eigenvalue weighted by atomic mass is 9.93. The summed E-state index contributed by atoms with van der Waals surface area (Å²) in [5.74, 6) is -0.233. The number of hydrogen-bond donors (Lipinski definition) is 2. The summed E-state index contributed by atoms with van der Waals surface area (Å²) in [5, 5.41) is 19.4. The number of aromatic nitrogens is 1. The number of aromatic amines is 1. The number of H-pyrrole nitrogens is 1. The molecular weight excluding hydrogens is 418 g/mol. The van der Waals surface area contributed by atoms with Gasteiger partial charge >= 0.3 is 0 Å². The van der Waals surface area contributed by atoms with Crippen LogP contribution in [0.4, 0.5) is 10.2 Å². The van der Waals surface area contributed by atoms with Crippen molar-refractivity contribution < 1.29 is 9.13 Å². The largest absolute Gasteiger partial charge is 0.489 e. The highest BCUT2D eigenvalue weighted by atomic mass is 35.5. The fraction of sp³-hybridized carbons (Fsp3) is 0.0500. The minimum atomic E-state index is -0.754. The van der Waals surface area contributed by atoms with Crippen molar-refractivity contribution in [2.45, 2.75) is 6.61 Å². The van der Waals surface area contributed by atoms with Crippen LogP contribution in [0.5, 0.6) is 5.75 Å². The molecule has 0 saturated carbocycles. The van der Waals surface area contributed by atoms with Crippen LogP contribution < -0.4 is 16.0 Å². The lowest BCUT2D eigenvalue weighted by Crippen LogP contribution is -2.17. The molecule has 0 aliphatic carbocycles. The minimum Gasteiger partial charge on any atom is -0.489 e. The van der Waals surface area contributed by atoms with Crippen LogP contribution in [0.1, 0.15) is 16.7 Å². The Labute approximate surface area is 174 Å². The third-order valence-corrected chi connectivity index (χ3v) is 4.58. The Balaban J connectivity index is 2.21. The average molecular weight is 429 g/mol. The molecule has 0 aliphatic rings. The van der Waals surface area contributed by atoms with Gasteiger partial charge in [0.05, 0.1) is 5.02 Å². The van der Waals surface area contributed by atoms with Gasteiger partial charge < -0.3 is 15.5 Å². The van der Waals surface area contributed by atoms with E-state index < -0.39 is 11.4 Å². The average Bonchev–Trinajstić information content (AvgIpc) is 2.67. The summed E-state index contributed by atoms with van der Waals surface area (Å²) in [6.07, 6.45) is 0. The van der Waals surface area contributed by atoms with Crippen molar-refractivity contribution in [3.63, 3.8) is 0 Å². The normalized spacial score (nSPS) is 10.2. The molecule has 1 heterocycles. The van der Waals surface area contributed by atoms with Gasteiger partial charge in [0.15, 0.2) is 0 Å². The zero-order valence-corrected chi connectivity index (χ0v) is 16.1. The van der Waals surface area contributed by atoms with Gasteiger partial charge in [-0.15, -0.1) is 0 Å². The Morgan fingerprint density at radius 3 is 2.34 bits per heavy atom. The number of nitrogens with zero attached hydrogens (tertiary/aromatic N) is 2. The van der Waals surface area contributed by atoms with Gasteiger partial charge in [-0.3, -0.25) is 4.79 Å². The highest BCUT2D eigenvalue weighted by Gasteiger charge is 2.23. The van der Waals surface area contributed by atoms with Crippen molar-refractivity contribution in [2.24, 2.45) is 0 Å². The number of ether oxygens (including phenoxy) is 1. The minimum absolute atomic E-state index is 0.00405. The van der Waals surface area contributed by atoms with E-state index in [1.165, 1.54) is 36.4 Å². The number of nitrogens with two attached hydrogens (primary N) is 1. The molecular formula is C20H11Cl2FN4O2. The molecule has 144 valence electrons. The maximum Gasteiger partial charge on any atom is 0.268 e. The third kappa shape index (κ3) is 4.02. The lowest BCUT2D eigenvalue weighted by Gasteiger charge is -2.16. The molecule has 3 aromatic rings. The van der Waals surface area contributed by atoms with E-state index in [9.17, 15) is 19.7 Å². The summed E-state index contributed by atoms with van der Waals surface area (Å²) in [6.45, 7) is -0.0797. The summed E-state index contributed by atoms with van der Waals surface area (Å²) < 4.78 is 18.7. The smallest absolute Gasteiger partial charge is 0.268 e. The molecule has 0 radical (unpaired) electrons. The standard InChI is InChI=1S/C20H11Cl2FN4O2/c21-11-5-10(9-29-13-3-1-12(23)2-4-13)17(16(22)6-11)18-14(7-24)19(26)27-20(28)15(18)8-25/h1-6H,9H2,(H3,26,27,28). The van der Waals surface area contributed by atoms with Gasteiger partial charge in [0.25, 0.3) is 5.56 Å². The van der Waals surface area contributed by atoms with Gasteiger partial charge in [-0.25, -0.2) is 4.39 Å². The Morgan fingerprint density at radius 2 is 1.72 bits per heavy atom. The van der Waals surface area contributed by atoms with Crippen LogP contribution in [-0.2, 0) is 6.61 Å². The fourth-order valence-corrected chi connectivity index (χ4v) is 3.44. The number of nitriles is 2. The molecule has 0 fully saturated rings. The van der Waals surface area contributed by atoms with Crippen molar-refractivity contribution in [1.29, 1.82) is 10.5 Å². The van der Waals surface area contributed by atoms with E-state index in [0.29, 0.717) is 11.3 Å². The van der Waals surface area contributed by atoms with Crippen molar-refractivity contribution in [2.75, 3.05) is 5.73 Å². The van der Waals surface area contributed by atoms with Gasteiger partial charge in [0, 0.05) is 21.7 Å². The van der Waals surface area contributed by atoms with Crippen LogP contribution in [-0.4, -0.2) is 4.98 Å². The van der Waals surface area contributed by atoms with Crippen LogP contribution in [0.3, 0.4) is 0 Å². The number of anilines is 1. The number of halogens is 3. The van der Waals surface area contributed by atoms with Gasteiger partial charge in [0.2, 0.25) is 0 Å². The summed E-state index contributed by atoms with van der Waals surface area (Å²) in [5.41, 5.74) is 5.23. The van der Waals surface area contributed by atoms with E-state index in [0.717, 1.165) is 0 Å². The molecule has 0 amide bonds. The third-order valence-electron chi connectivity index (χ3n) is 4.06. The van der Waals surface area contributed by atoms with Crippen molar-refractivity contribution in [1.82, 2.24) is 4.98 Å². The molecule has 0 unspecified atom stereocenters. The molecule has 9 heteroatoms. The molecule has 1 aromatic heterocycles. The monoisotopic (exact) mass is 428 g/mol. The van der Waals surface area contributed by atoms with E-state index >= 15 is 0 Å². The zero-order chi connectivity index (χ0) is 21.1. The van der Waals surface area contributed by atoms with Crippen LogP contribution in [0, 0.1) is 28.5 Å². The van der Waals surface area contributed by atoms with Gasteiger partial charge in [0.1, 0.15) is 47.3 Å². The molecule has 6 nitrogen and oxygen atoms in total. The second kappa shape index (κ2) is 8.24. The van der Waals surface area contributed by atoms with E-state index in [4.69, 9.17) is 33.7 Å². The first-order valence-electron chi connectivity index (χ1n) is 8.08. The Morgan fingerprint density at radius 1 is 1.07 bits per heavy atom. The fourth-order valence-electron chi connectivity index (χ4n) is 2.81. The molecule has 0 atom stereocenters. The lowest BCUT2D eigenvalue weighted by molar-refractivity contribution is 0.306. The zero-order valence-electron chi connectivity index (χ0n) is 14.6. The van der Waals surface area contributed by atoms with Gasteiger partial charge in [-0.05, 0) is 36.4 Å². The number of pyridine rings is 1. The maximum atomic E-state index is 13.1. The Bertz CT molecular complexity index is 1240. The number of nitrogen functional groups attached to an aromatic ring is 1. The van der Waals surface area contributed by atoms with E-state index in [2.05, 4.69) is 4.98 Å². The van der Waals surface area contributed by atoms with Crippen LogP contribution in [0.2, 0.25) is 10.0 Å². The van der Waals surface area contributed by atoms with Crippen LogP contribution >= 0.6 is 23.2 Å². The number of rotatable bonds is 4. The molecule has 0 saturated heterocycles. The predicted octanol–water partition coefficient (Wildman–Crippen LogP) is 4.39. The van der Waals surface area contributed by atoms with E-state index in [1.54, 1.807) is 6.07 Å². The molecule has 3 rings (SSSR count). The second-order valence-corrected chi connectivity index (χ2v) is 6.72. The molecule has 29 heavy (non-hydrogen) atoms. The van der Waals surface area contributed by atoms with Crippen molar-refractivity contribution in [3.05, 3.63) is 79.3 Å². The SMILES string of the molecule is N#Cc1c(N)[nH]c(=O)c(C#N)c1-c1c(Cl)cc(Cl)cc1COc1ccc(F)cc1. The molecule has 0 aliphatic heterocycles. The number of hydrogen-bond acceptors (Lipinski definition) is 5. The predicted molar refractivity (Wildman–Crippen MR) is 107 cm³/mol. The highest BCUT2D eigenvalue weighted by molar-refractivity contribution is 6.36. The molecule has 3 N–H and O–H groups in total. The highest BCUT2D eigenvalue weighted by Crippen LogP contribution is 2.38. The van der Waals surface area contributed by atoms with Gasteiger partial charge in [-0.2, -0.15) is 10.5 Å². The maximum absolute atomic E-state index is 13.1. The first kappa shape index (κ1) is 20.2. The Hall–Kier alpha value is -3.52. The van der Waals surface area contributed by atoms with E-state index in [1.807, 2.05) is 6.07 Å². The quantitative estimate of drug-likeness (QED) is 0.638. The van der Waals surface area contributed by atoms with Crippen molar-refractivity contribution >= 4 is 29.0 Å². The van der Waals surface area contributed by atoms with Crippen molar-refractivity contribution in [3.8, 4) is 29.0 Å². The number of benzene rings is 2. The summed E-state index contributed by atoms with van der Waals surface area (Å²) >= 11 is 12.5. The van der Waals surface area contributed by atoms with Crippen LogP contribution in [0.25, 0.3) is 11.1 Å². The molecule has 2 aromatic carbocycles. The summed E-state index contributed by atoms with van der Waals surface area (Å²) in [4.78, 5) is 14.5. The first-order chi connectivity index (χ1) is 13.8. The Kier molecular flexibility index (Phi) is 5.74. The summed E-state index contributed by atoms with van der Waals surface area (Å²) in [7, 11) is 0. The number of nitrogens with one attached hydrogen (secondary N) is 1. The summed E-state index contributed by atoms with van der Waals surface area (Å²) in [6, 6.07) is 12.0. The second-order valence-electron chi connectivity index (χ2n) is 5.88. The molecule has 0 spiro atoms. The van der Waals surface area contributed by atoms with E-state index in [-0.39, 0.29) is 44.7 Å². The molecule has 0 bridgehead atoms. The van der Waals surface area contributed by atoms with Crippen LogP contribution in [0.15, 0.2) is 41.2 Å². The van der Waals surface area contributed by atoms with Gasteiger partial charge in [-0.1, -0.05) is 23.2 Å².